The lowest BCUT2D eigenvalue weighted by molar-refractivity contribution is 0.0108. The summed E-state index contributed by atoms with van der Waals surface area (Å²) in [6, 6.07) is 0. The Balaban J connectivity index is 2.20. The van der Waals surface area contributed by atoms with E-state index in [1.54, 1.807) is 0 Å². The molecule has 2 fully saturated rings. The molecule has 0 spiro atoms. The zero-order chi connectivity index (χ0) is 10.2. The number of thioether (sulfide) groups is 1. The zero-order valence-electron chi connectivity index (χ0n) is 8.70. The first-order valence-corrected chi connectivity index (χ1v) is 6.45. The van der Waals surface area contributed by atoms with Crippen LogP contribution in [0.2, 0.25) is 0 Å². The van der Waals surface area contributed by atoms with Crippen molar-refractivity contribution in [3.05, 3.63) is 0 Å². The van der Waals surface area contributed by atoms with Crippen LogP contribution in [0.15, 0.2) is 0 Å². The molecule has 2 rings (SSSR count). The van der Waals surface area contributed by atoms with E-state index >= 15 is 0 Å². The van der Waals surface area contributed by atoms with Gasteiger partial charge in [-0.15, -0.1) is 6.42 Å². The van der Waals surface area contributed by atoms with Gasteiger partial charge in [0.25, 0.3) is 0 Å². The van der Waals surface area contributed by atoms with E-state index in [9.17, 15) is 5.11 Å². The summed E-state index contributed by atoms with van der Waals surface area (Å²) in [5.74, 6) is 3.00. The summed E-state index contributed by atoms with van der Waals surface area (Å²) < 4.78 is 0. The Labute approximate surface area is 90.7 Å². The summed E-state index contributed by atoms with van der Waals surface area (Å²) in [5, 5.41) is 11.5. The molecule has 0 aromatic carbocycles. The molecular weight excluding hydrogens is 192 g/mol. The first-order valence-electron chi connectivity index (χ1n) is 5.51. The molecule has 1 heterocycles. The average molecular weight is 210 g/mol. The predicted octanol–water partition coefficient (Wildman–Crippen LogP) is 2.43. The Hall–Kier alpha value is -0.130. The summed E-state index contributed by atoms with van der Waals surface area (Å²) >= 11 is 2.03. The molecule has 0 amide bonds. The third-order valence-corrected chi connectivity index (χ3v) is 5.12. The number of hydrogen-bond acceptors (Lipinski definition) is 2. The summed E-state index contributed by atoms with van der Waals surface area (Å²) in [6.45, 7) is 2.18. The van der Waals surface area contributed by atoms with Gasteiger partial charge in [0, 0.05) is 16.4 Å². The molecule has 0 aromatic rings. The second-order valence-corrected chi connectivity index (χ2v) is 6.33. The van der Waals surface area contributed by atoms with Crippen molar-refractivity contribution in [1.29, 1.82) is 0 Å². The van der Waals surface area contributed by atoms with Gasteiger partial charge in [0.2, 0.25) is 0 Å². The molecule has 1 saturated heterocycles. The standard InChI is InChI=1S/C12H18OS/c1-3-12(13)8-9(2)14-11-7-5-4-6-10(11)12/h1,9-11,13H,4-8H2,2H3/t9-,10+,11-,12-/m0/s1. The third-order valence-electron chi connectivity index (χ3n) is 3.57. The summed E-state index contributed by atoms with van der Waals surface area (Å²) in [5.41, 5.74) is -0.810. The lowest BCUT2D eigenvalue weighted by Crippen LogP contribution is -2.49. The van der Waals surface area contributed by atoms with E-state index in [0.29, 0.717) is 16.4 Å². The van der Waals surface area contributed by atoms with E-state index in [0.717, 1.165) is 12.8 Å². The van der Waals surface area contributed by atoms with E-state index in [1.807, 2.05) is 11.8 Å². The number of aliphatic hydroxyl groups is 1. The minimum Gasteiger partial charge on any atom is -0.377 e. The predicted molar refractivity (Wildman–Crippen MR) is 61.2 cm³/mol. The van der Waals surface area contributed by atoms with E-state index in [4.69, 9.17) is 6.42 Å². The molecule has 2 aliphatic rings. The summed E-state index contributed by atoms with van der Waals surface area (Å²) in [4.78, 5) is 0. The molecule has 1 aliphatic heterocycles. The molecular formula is C12H18OS. The van der Waals surface area contributed by atoms with Crippen LogP contribution >= 0.6 is 11.8 Å². The van der Waals surface area contributed by atoms with Gasteiger partial charge in [-0.05, 0) is 19.3 Å². The van der Waals surface area contributed by atoms with Gasteiger partial charge in [0.05, 0.1) is 0 Å². The number of terminal acetylenes is 1. The Kier molecular flexibility index (Phi) is 2.81. The first-order chi connectivity index (χ1) is 6.65. The quantitative estimate of drug-likeness (QED) is 0.620. The molecule has 0 bridgehead atoms. The van der Waals surface area contributed by atoms with Gasteiger partial charge < -0.3 is 5.11 Å². The molecule has 4 atom stereocenters. The SMILES string of the molecule is C#C[C@]1(O)C[C@H](C)S[C@H]2CCCC[C@H]21. The normalized spacial score (nSPS) is 47.9. The van der Waals surface area contributed by atoms with Gasteiger partial charge >= 0.3 is 0 Å². The zero-order valence-corrected chi connectivity index (χ0v) is 9.52. The maximum Gasteiger partial charge on any atom is 0.130 e. The van der Waals surface area contributed by atoms with E-state index in [-0.39, 0.29) is 0 Å². The van der Waals surface area contributed by atoms with E-state index in [1.165, 1.54) is 19.3 Å². The second-order valence-electron chi connectivity index (χ2n) is 4.65. The van der Waals surface area contributed by atoms with Crippen LogP contribution in [0.5, 0.6) is 0 Å². The smallest absolute Gasteiger partial charge is 0.130 e. The van der Waals surface area contributed by atoms with Crippen LogP contribution in [0, 0.1) is 18.3 Å². The van der Waals surface area contributed by atoms with Crippen LogP contribution in [0.3, 0.4) is 0 Å². The van der Waals surface area contributed by atoms with Crippen LogP contribution < -0.4 is 0 Å². The molecule has 1 nitrogen and oxygen atoms in total. The fourth-order valence-corrected chi connectivity index (χ4v) is 4.71. The van der Waals surface area contributed by atoms with Crippen LogP contribution in [0.4, 0.5) is 0 Å². The Morgan fingerprint density at radius 3 is 2.86 bits per heavy atom. The minimum atomic E-state index is -0.810. The van der Waals surface area contributed by atoms with Crippen LogP contribution in [0.1, 0.15) is 39.0 Å². The van der Waals surface area contributed by atoms with Crippen molar-refractivity contribution >= 4 is 11.8 Å². The van der Waals surface area contributed by atoms with E-state index in [2.05, 4.69) is 12.8 Å². The van der Waals surface area contributed by atoms with Crippen molar-refractivity contribution in [2.24, 2.45) is 5.92 Å². The van der Waals surface area contributed by atoms with Gasteiger partial charge in [-0.1, -0.05) is 25.7 Å². The largest absolute Gasteiger partial charge is 0.377 e. The lowest BCUT2D eigenvalue weighted by Gasteiger charge is -2.46. The molecule has 0 unspecified atom stereocenters. The van der Waals surface area contributed by atoms with Gasteiger partial charge in [-0.3, -0.25) is 0 Å². The maximum absolute atomic E-state index is 10.4. The lowest BCUT2D eigenvalue weighted by atomic mass is 9.74. The fraction of sp³-hybridized carbons (Fsp3) is 0.833. The van der Waals surface area contributed by atoms with Crippen LogP contribution in [-0.4, -0.2) is 21.2 Å². The minimum absolute atomic E-state index is 0.349. The summed E-state index contributed by atoms with van der Waals surface area (Å²) in [7, 11) is 0. The van der Waals surface area contributed by atoms with Gasteiger partial charge in [-0.25, -0.2) is 0 Å². The molecule has 2 heteroatoms. The Bertz CT molecular complexity index is 258. The van der Waals surface area contributed by atoms with Crippen molar-refractivity contribution in [3.63, 3.8) is 0 Å². The fourth-order valence-electron chi connectivity index (χ4n) is 2.91. The monoisotopic (exact) mass is 210 g/mol. The number of fused-ring (bicyclic) bond motifs is 1. The highest BCUT2D eigenvalue weighted by atomic mass is 32.2. The number of hydrogen-bond donors (Lipinski definition) is 1. The van der Waals surface area contributed by atoms with Crippen LogP contribution in [0.25, 0.3) is 0 Å². The van der Waals surface area contributed by atoms with Gasteiger partial charge in [-0.2, -0.15) is 11.8 Å². The van der Waals surface area contributed by atoms with Crippen molar-refractivity contribution in [1.82, 2.24) is 0 Å². The molecule has 1 saturated carbocycles. The maximum atomic E-state index is 10.4. The van der Waals surface area contributed by atoms with E-state index < -0.39 is 5.60 Å². The average Bonchev–Trinajstić information content (AvgIpc) is 2.17. The first kappa shape index (κ1) is 10.4. The summed E-state index contributed by atoms with van der Waals surface area (Å²) in [6.07, 6.45) is 11.2. The van der Waals surface area contributed by atoms with Crippen molar-refractivity contribution in [2.75, 3.05) is 0 Å². The second kappa shape index (κ2) is 3.79. The van der Waals surface area contributed by atoms with Crippen molar-refractivity contribution in [2.45, 2.75) is 55.1 Å². The molecule has 14 heavy (non-hydrogen) atoms. The van der Waals surface area contributed by atoms with Crippen LogP contribution in [-0.2, 0) is 0 Å². The highest BCUT2D eigenvalue weighted by Crippen LogP contribution is 2.48. The molecule has 0 radical (unpaired) electrons. The highest BCUT2D eigenvalue weighted by Gasteiger charge is 2.46. The number of rotatable bonds is 0. The highest BCUT2D eigenvalue weighted by molar-refractivity contribution is 8.00. The molecule has 78 valence electrons. The van der Waals surface area contributed by atoms with Crippen molar-refractivity contribution < 1.29 is 5.11 Å². The van der Waals surface area contributed by atoms with Gasteiger partial charge in [0.1, 0.15) is 5.60 Å². The molecule has 1 aliphatic carbocycles. The van der Waals surface area contributed by atoms with Crippen molar-refractivity contribution in [3.8, 4) is 12.3 Å². The van der Waals surface area contributed by atoms with Gasteiger partial charge in [0.15, 0.2) is 0 Å². The Morgan fingerprint density at radius 1 is 1.43 bits per heavy atom. The molecule has 0 aromatic heterocycles. The third kappa shape index (κ3) is 1.68. The Morgan fingerprint density at radius 2 is 2.14 bits per heavy atom. The molecule has 1 N–H and O–H groups in total. The topological polar surface area (TPSA) is 20.2 Å².